The number of aryl methyl sites for hydroxylation is 1. The van der Waals surface area contributed by atoms with Gasteiger partial charge in [0.05, 0.1) is 0 Å². The zero-order valence-electron chi connectivity index (χ0n) is 14.7. The molecular weight excluding hydrogens is 307 g/mol. The molecule has 0 aliphatic heterocycles. The summed E-state index contributed by atoms with van der Waals surface area (Å²) in [5.41, 5.74) is 2.89. The molecule has 0 heterocycles. The maximum atomic E-state index is 9.66. The molecule has 3 rings (SSSR count). The number of hydrogen-bond acceptors (Lipinski definition) is 1. The summed E-state index contributed by atoms with van der Waals surface area (Å²) >= 11 is 0. The van der Waals surface area contributed by atoms with E-state index in [0.717, 1.165) is 12.3 Å². The van der Waals surface area contributed by atoms with E-state index in [1.165, 1.54) is 30.4 Å². The van der Waals surface area contributed by atoms with Gasteiger partial charge >= 0.3 is 18.6 Å². The molecule has 2 aliphatic rings. The zero-order valence-corrected chi connectivity index (χ0v) is 16.1. The van der Waals surface area contributed by atoms with Crippen LogP contribution >= 0.6 is 0 Å². The van der Waals surface area contributed by atoms with Crippen molar-refractivity contribution in [1.29, 1.82) is 0 Å². The average Bonchev–Trinajstić information content (AvgIpc) is 2.48. The molecule has 1 radical (unpaired) electrons. The molecule has 0 bridgehead atoms. The van der Waals surface area contributed by atoms with Gasteiger partial charge in [-0.15, -0.1) is 0 Å². The Hall–Kier alpha value is -0.396. The Balaban J connectivity index is 0.000000775. The molecule has 1 fully saturated rings. The van der Waals surface area contributed by atoms with Crippen LogP contribution in [-0.4, -0.2) is 5.11 Å². The van der Waals surface area contributed by atoms with Crippen molar-refractivity contribution in [1.82, 2.24) is 0 Å². The van der Waals surface area contributed by atoms with Crippen LogP contribution < -0.4 is 0 Å². The van der Waals surface area contributed by atoms with E-state index in [0.29, 0.717) is 17.6 Å². The van der Waals surface area contributed by atoms with Crippen molar-refractivity contribution in [3.63, 3.8) is 0 Å². The molecule has 2 heteroatoms. The fourth-order valence-corrected chi connectivity index (χ4v) is 4.52. The summed E-state index contributed by atoms with van der Waals surface area (Å²) < 4.78 is 0. The molecule has 3 unspecified atom stereocenters. The van der Waals surface area contributed by atoms with Crippen LogP contribution in [-0.2, 0) is 25.0 Å². The predicted octanol–water partition coefficient (Wildman–Crippen LogP) is 5.68. The summed E-state index contributed by atoms with van der Waals surface area (Å²) in [6.07, 6.45) is 4.95. The van der Waals surface area contributed by atoms with Crippen LogP contribution in [0.3, 0.4) is 0 Å². The first kappa shape index (κ1) is 19.7. The first-order chi connectivity index (χ1) is 10.1. The van der Waals surface area contributed by atoms with E-state index in [2.05, 4.69) is 26.8 Å². The number of benzene rings is 1. The molecule has 1 N–H and O–H groups in total. The quantitative estimate of drug-likeness (QED) is 0.654. The van der Waals surface area contributed by atoms with Gasteiger partial charge in [-0.2, -0.15) is 27.2 Å². The number of aromatic hydroxyl groups is 1. The van der Waals surface area contributed by atoms with Gasteiger partial charge in [0.25, 0.3) is 0 Å². The Kier molecular flexibility index (Phi) is 7.55. The third kappa shape index (κ3) is 3.74. The maximum Gasteiger partial charge on any atom is 2.00 e. The number of fused-ring (bicyclic) bond motifs is 3. The Morgan fingerprint density at radius 2 is 1.86 bits per heavy atom. The second-order valence-corrected chi connectivity index (χ2v) is 6.63. The average molecular weight is 337 g/mol. The Labute approximate surface area is 148 Å². The molecule has 22 heavy (non-hydrogen) atoms. The summed E-state index contributed by atoms with van der Waals surface area (Å²) in [7, 11) is 0. The van der Waals surface area contributed by atoms with Crippen molar-refractivity contribution < 1.29 is 23.7 Å². The van der Waals surface area contributed by atoms with E-state index < -0.39 is 0 Å². The van der Waals surface area contributed by atoms with Gasteiger partial charge in [-0.1, -0.05) is 38.7 Å². The predicted molar refractivity (Wildman–Crippen MR) is 90.2 cm³/mol. The van der Waals surface area contributed by atoms with E-state index in [1.807, 2.05) is 26.0 Å². The summed E-state index contributed by atoms with van der Waals surface area (Å²) in [6.45, 7) is 10.9. The van der Waals surface area contributed by atoms with Crippen molar-refractivity contribution in [2.75, 3.05) is 0 Å². The van der Waals surface area contributed by atoms with Crippen LogP contribution in [0.4, 0.5) is 0 Å². The fourth-order valence-electron chi connectivity index (χ4n) is 4.52. The van der Waals surface area contributed by atoms with Gasteiger partial charge in [0, 0.05) is 0 Å². The maximum absolute atomic E-state index is 9.66. The number of rotatable bonds is 1. The summed E-state index contributed by atoms with van der Waals surface area (Å²) in [4.78, 5) is 0. The van der Waals surface area contributed by atoms with Gasteiger partial charge in [0.1, 0.15) is 5.75 Å². The van der Waals surface area contributed by atoms with Crippen LogP contribution in [0.5, 0.6) is 5.75 Å². The smallest absolute Gasteiger partial charge is 0.508 e. The minimum atomic E-state index is 0. The molecule has 1 aromatic carbocycles. The normalized spacial score (nSPS) is 27.1. The van der Waals surface area contributed by atoms with Gasteiger partial charge in [0.2, 0.25) is 0 Å². The largest absolute Gasteiger partial charge is 2.00 e. The van der Waals surface area contributed by atoms with Gasteiger partial charge in [-0.25, -0.2) is 0 Å². The minimum absolute atomic E-state index is 0. The topological polar surface area (TPSA) is 20.2 Å². The van der Waals surface area contributed by atoms with Crippen molar-refractivity contribution in [3.05, 3.63) is 41.2 Å². The molecule has 0 saturated heterocycles. The molecule has 0 spiro atoms. The molecule has 0 aromatic heterocycles. The van der Waals surface area contributed by atoms with Crippen LogP contribution in [0.1, 0.15) is 70.9 Å². The molecule has 1 nitrogen and oxygen atoms in total. The summed E-state index contributed by atoms with van der Waals surface area (Å²) in [5, 5.41) is 9.66. The SMILES string of the molecule is CC.C[C-](C)C1[C-](C)CCC2c3ccc(O)cc3CCC21.[V+2]. The summed E-state index contributed by atoms with van der Waals surface area (Å²) in [5.74, 6) is 5.88. The number of hydrogen-bond donors (Lipinski definition) is 1. The molecular formula is C20H30OV. The molecule has 0 amide bonds. The van der Waals surface area contributed by atoms with Crippen LogP contribution in [0.15, 0.2) is 18.2 Å². The van der Waals surface area contributed by atoms with Gasteiger partial charge in [0.15, 0.2) is 0 Å². The molecule has 2 aliphatic carbocycles. The monoisotopic (exact) mass is 337 g/mol. The van der Waals surface area contributed by atoms with Crippen LogP contribution in [0.2, 0.25) is 0 Å². The van der Waals surface area contributed by atoms with E-state index in [-0.39, 0.29) is 18.6 Å². The Morgan fingerprint density at radius 1 is 1.18 bits per heavy atom. The van der Waals surface area contributed by atoms with E-state index in [4.69, 9.17) is 0 Å². The van der Waals surface area contributed by atoms with Crippen molar-refractivity contribution in [3.8, 4) is 5.75 Å². The Bertz CT molecular complexity index is 469. The van der Waals surface area contributed by atoms with E-state index >= 15 is 0 Å². The number of phenolic OH excluding ortho intramolecular Hbond substituents is 1. The number of phenols is 1. The first-order valence-electron chi connectivity index (χ1n) is 8.52. The second kappa shape index (κ2) is 8.45. The molecule has 121 valence electrons. The van der Waals surface area contributed by atoms with Gasteiger partial charge in [-0.05, 0) is 35.6 Å². The first-order valence-corrected chi connectivity index (χ1v) is 8.52. The third-order valence-electron chi connectivity index (χ3n) is 5.22. The third-order valence-corrected chi connectivity index (χ3v) is 5.22. The van der Waals surface area contributed by atoms with Gasteiger partial charge in [-0.3, -0.25) is 5.92 Å². The second-order valence-electron chi connectivity index (χ2n) is 6.63. The van der Waals surface area contributed by atoms with E-state index in [1.54, 1.807) is 11.8 Å². The van der Waals surface area contributed by atoms with Gasteiger partial charge < -0.3 is 16.9 Å². The fraction of sp³-hybridized carbons (Fsp3) is 0.600. The molecule has 1 saturated carbocycles. The van der Waals surface area contributed by atoms with Crippen LogP contribution in [0.25, 0.3) is 0 Å². The molecule has 1 aromatic rings. The van der Waals surface area contributed by atoms with Crippen molar-refractivity contribution >= 4 is 0 Å². The Morgan fingerprint density at radius 3 is 2.50 bits per heavy atom. The zero-order chi connectivity index (χ0) is 15.6. The van der Waals surface area contributed by atoms with Crippen molar-refractivity contribution in [2.45, 2.75) is 66.2 Å². The van der Waals surface area contributed by atoms with E-state index in [9.17, 15) is 5.11 Å². The standard InChI is InChI=1S/C18H24O.C2H6.V/c1-11(2)18-12(3)4-7-16-15-9-6-14(19)10-13(15)5-8-17(16)18;1-2;/h6,9-10,16-19H,4-5,7-8H2,1-3H3;1-2H3;/q-2;;+2. The summed E-state index contributed by atoms with van der Waals surface area (Å²) in [6, 6.07) is 6.02. The van der Waals surface area contributed by atoms with Crippen molar-refractivity contribution in [2.24, 2.45) is 11.8 Å². The molecule has 3 atom stereocenters. The minimum Gasteiger partial charge on any atom is -0.508 e. The van der Waals surface area contributed by atoms with Crippen LogP contribution in [0, 0.1) is 23.7 Å².